The fourth-order valence-electron chi connectivity index (χ4n) is 2.44. The molecule has 1 amide bonds. The Morgan fingerprint density at radius 3 is 2.30 bits per heavy atom. The van der Waals surface area contributed by atoms with Crippen molar-refractivity contribution in [2.24, 2.45) is 5.92 Å². The molecule has 0 saturated carbocycles. The largest absolute Gasteiger partial charge is 0.463 e. The van der Waals surface area contributed by atoms with Crippen molar-refractivity contribution in [1.29, 1.82) is 0 Å². The predicted octanol–water partition coefficient (Wildman–Crippen LogP) is 0.0306. The van der Waals surface area contributed by atoms with Crippen LogP contribution in [0.15, 0.2) is 24.3 Å². The number of carbonyl (C=O) groups excluding carboxylic acids is 2. The van der Waals surface area contributed by atoms with Gasteiger partial charge in [-0.3, -0.25) is 9.59 Å². The number of hydrogen-bond acceptors (Lipinski definition) is 8. The lowest BCUT2D eigenvalue weighted by Gasteiger charge is -2.40. The van der Waals surface area contributed by atoms with E-state index >= 15 is 0 Å². The lowest BCUT2D eigenvalue weighted by atomic mass is 9.99. The minimum Gasteiger partial charge on any atom is -0.463 e. The van der Waals surface area contributed by atoms with Crippen molar-refractivity contribution in [3.63, 3.8) is 0 Å². The molecule has 0 bridgehead atoms. The molecule has 5 atom stereocenters. The molecule has 0 radical (unpaired) electrons. The lowest BCUT2D eigenvalue weighted by molar-refractivity contribution is -0.278. The predicted molar refractivity (Wildman–Crippen MR) is 93.9 cm³/mol. The molecule has 9 nitrogen and oxygen atoms in total. The molecule has 1 aromatic carbocycles. The second kappa shape index (κ2) is 9.14. The van der Waals surface area contributed by atoms with Crippen molar-refractivity contribution in [2.45, 2.75) is 51.5 Å². The summed E-state index contributed by atoms with van der Waals surface area (Å²) < 4.78 is 16.1. The molecule has 1 aliphatic heterocycles. The van der Waals surface area contributed by atoms with Crippen LogP contribution in [0.2, 0.25) is 0 Å². The number of aliphatic hydroxyl groups is 3. The van der Waals surface area contributed by atoms with Gasteiger partial charge in [0.1, 0.15) is 36.8 Å². The number of anilines is 1. The Bertz CT molecular complexity index is 647. The van der Waals surface area contributed by atoms with Crippen molar-refractivity contribution in [1.82, 2.24) is 0 Å². The highest BCUT2D eigenvalue weighted by Crippen LogP contribution is 2.25. The number of esters is 1. The Morgan fingerprint density at radius 2 is 1.74 bits per heavy atom. The second-order valence-electron chi connectivity index (χ2n) is 6.62. The van der Waals surface area contributed by atoms with Gasteiger partial charge in [-0.2, -0.15) is 0 Å². The molecular weight excluding hydrogens is 358 g/mol. The molecule has 1 aliphatic rings. The monoisotopic (exact) mass is 383 g/mol. The van der Waals surface area contributed by atoms with Crippen molar-refractivity contribution in [3.8, 4) is 5.75 Å². The number of rotatable bonds is 6. The van der Waals surface area contributed by atoms with Gasteiger partial charge in [-0.05, 0) is 24.3 Å². The van der Waals surface area contributed by atoms with Gasteiger partial charge in [-0.1, -0.05) is 13.8 Å². The van der Waals surface area contributed by atoms with E-state index in [0.29, 0.717) is 11.4 Å². The van der Waals surface area contributed by atoms with Crippen LogP contribution in [0.3, 0.4) is 0 Å². The summed E-state index contributed by atoms with van der Waals surface area (Å²) in [6.45, 7) is 4.42. The number of ether oxygens (including phenoxy) is 3. The van der Waals surface area contributed by atoms with Gasteiger partial charge in [0, 0.05) is 12.6 Å². The first-order chi connectivity index (χ1) is 12.7. The summed E-state index contributed by atoms with van der Waals surface area (Å²) in [6, 6.07) is 6.29. The Morgan fingerprint density at radius 1 is 1.11 bits per heavy atom. The van der Waals surface area contributed by atoms with Crippen LogP contribution in [0.25, 0.3) is 0 Å². The van der Waals surface area contributed by atoms with Crippen LogP contribution >= 0.6 is 0 Å². The van der Waals surface area contributed by atoms with E-state index < -0.39 is 36.7 Å². The summed E-state index contributed by atoms with van der Waals surface area (Å²) in [5.41, 5.74) is 0.564. The van der Waals surface area contributed by atoms with E-state index in [4.69, 9.17) is 14.2 Å². The van der Waals surface area contributed by atoms with E-state index in [1.807, 2.05) is 0 Å². The molecule has 1 saturated heterocycles. The maximum Gasteiger partial charge on any atom is 0.308 e. The molecule has 0 spiro atoms. The third-order valence-corrected chi connectivity index (χ3v) is 3.96. The van der Waals surface area contributed by atoms with Gasteiger partial charge in [0.25, 0.3) is 0 Å². The number of carbonyl (C=O) groups is 2. The molecule has 4 N–H and O–H groups in total. The minimum absolute atomic E-state index is 0.217. The Labute approximate surface area is 156 Å². The average molecular weight is 383 g/mol. The van der Waals surface area contributed by atoms with Crippen LogP contribution in [0, 0.1) is 5.92 Å². The van der Waals surface area contributed by atoms with Gasteiger partial charge < -0.3 is 34.8 Å². The number of hydrogen-bond donors (Lipinski definition) is 4. The summed E-state index contributed by atoms with van der Waals surface area (Å²) in [6.07, 6.45) is -6.83. The van der Waals surface area contributed by atoms with Crippen LogP contribution in [0.4, 0.5) is 5.69 Å². The van der Waals surface area contributed by atoms with E-state index in [2.05, 4.69) is 5.32 Å². The SMILES string of the molecule is CC(=O)Nc1ccc(O[C@H]2OC(COC(=O)C(C)C)[C@@H](O)C(O)[C@@H]2O)cc1. The zero-order valence-electron chi connectivity index (χ0n) is 15.4. The number of aliphatic hydroxyl groups excluding tert-OH is 3. The van der Waals surface area contributed by atoms with E-state index in [1.165, 1.54) is 6.92 Å². The molecule has 27 heavy (non-hydrogen) atoms. The van der Waals surface area contributed by atoms with Crippen LogP contribution in [0.5, 0.6) is 5.75 Å². The third-order valence-electron chi connectivity index (χ3n) is 3.96. The summed E-state index contributed by atoms with van der Waals surface area (Å²) >= 11 is 0. The zero-order chi connectivity index (χ0) is 20.1. The minimum atomic E-state index is -1.54. The fraction of sp³-hybridized carbons (Fsp3) is 0.556. The third kappa shape index (κ3) is 5.64. The highest BCUT2D eigenvalue weighted by molar-refractivity contribution is 5.88. The van der Waals surface area contributed by atoms with E-state index in [1.54, 1.807) is 38.1 Å². The Balaban J connectivity index is 2.02. The Kier molecular flexibility index (Phi) is 7.14. The topological polar surface area (TPSA) is 135 Å². The number of amides is 1. The van der Waals surface area contributed by atoms with Crippen LogP contribution in [-0.4, -0.2) is 64.5 Å². The van der Waals surface area contributed by atoms with Gasteiger partial charge in [0.2, 0.25) is 12.2 Å². The van der Waals surface area contributed by atoms with Crippen molar-refractivity contribution in [2.75, 3.05) is 11.9 Å². The average Bonchev–Trinajstić information content (AvgIpc) is 2.61. The fourth-order valence-corrected chi connectivity index (χ4v) is 2.44. The van der Waals surface area contributed by atoms with E-state index in [-0.39, 0.29) is 18.4 Å². The van der Waals surface area contributed by atoms with Crippen LogP contribution in [0.1, 0.15) is 20.8 Å². The summed E-state index contributed by atoms with van der Waals surface area (Å²) in [5, 5.41) is 32.8. The van der Waals surface area contributed by atoms with Gasteiger partial charge >= 0.3 is 5.97 Å². The second-order valence-corrected chi connectivity index (χ2v) is 6.62. The van der Waals surface area contributed by atoms with Gasteiger partial charge in [0.15, 0.2) is 0 Å². The smallest absolute Gasteiger partial charge is 0.308 e. The highest BCUT2D eigenvalue weighted by atomic mass is 16.7. The van der Waals surface area contributed by atoms with E-state index in [0.717, 1.165) is 0 Å². The summed E-state index contributed by atoms with van der Waals surface area (Å²) in [4.78, 5) is 22.6. The van der Waals surface area contributed by atoms with Crippen LogP contribution in [-0.2, 0) is 19.1 Å². The van der Waals surface area contributed by atoms with Gasteiger partial charge in [-0.25, -0.2) is 0 Å². The first kappa shape index (κ1) is 21.1. The quantitative estimate of drug-likeness (QED) is 0.506. The zero-order valence-corrected chi connectivity index (χ0v) is 15.4. The van der Waals surface area contributed by atoms with Crippen molar-refractivity contribution in [3.05, 3.63) is 24.3 Å². The van der Waals surface area contributed by atoms with Crippen molar-refractivity contribution >= 4 is 17.6 Å². The molecular formula is C18H25NO8. The van der Waals surface area contributed by atoms with Crippen LogP contribution < -0.4 is 10.1 Å². The summed E-state index contributed by atoms with van der Waals surface area (Å²) in [5.74, 6) is -0.729. The Hall–Kier alpha value is -2.20. The molecule has 0 aromatic heterocycles. The molecule has 9 heteroatoms. The van der Waals surface area contributed by atoms with Crippen molar-refractivity contribution < 1.29 is 39.1 Å². The van der Waals surface area contributed by atoms with E-state index in [9.17, 15) is 24.9 Å². The van der Waals surface area contributed by atoms with Gasteiger partial charge in [0.05, 0.1) is 5.92 Å². The molecule has 0 aliphatic carbocycles. The maximum atomic E-state index is 11.6. The maximum absolute atomic E-state index is 11.6. The number of benzene rings is 1. The molecule has 1 fully saturated rings. The normalized spacial score (nSPS) is 27.9. The molecule has 1 heterocycles. The van der Waals surface area contributed by atoms with Gasteiger partial charge in [-0.15, -0.1) is 0 Å². The first-order valence-electron chi connectivity index (χ1n) is 8.59. The lowest BCUT2D eigenvalue weighted by Crippen LogP contribution is -2.60. The molecule has 2 rings (SSSR count). The molecule has 150 valence electrons. The highest BCUT2D eigenvalue weighted by Gasteiger charge is 2.45. The molecule has 2 unspecified atom stereocenters. The standard InChI is InChI=1S/C18H25NO8/c1-9(2)17(24)25-8-13-14(21)15(22)16(23)18(27-13)26-12-6-4-11(5-7-12)19-10(3)20/h4-7,9,13-16,18,21-23H,8H2,1-3H3,(H,19,20)/t13?,14-,15?,16+,18+/m1/s1. The molecule has 1 aromatic rings. The first-order valence-corrected chi connectivity index (χ1v) is 8.59. The number of nitrogens with one attached hydrogen (secondary N) is 1. The summed E-state index contributed by atoms with van der Waals surface area (Å²) in [7, 11) is 0.